The standard InChI is InChI=1S/C20H39O5P/c1-2-3-4-5-6-7-8-9-10-11-12-13-14-15-16-17-20(21)25-18-19-26(22,23)24/h9-10H,2-8,11-19H2,1H3,(H2,22,23,24). The van der Waals surface area contributed by atoms with Crippen LogP contribution in [0.4, 0.5) is 0 Å². The first kappa shape index (κ1) is 25.4. The molecule has 0 atom stereocenters. The summed E-state index contributed by atoms with van der Waals surface area (Å²) in [6, 6.07) is 0. The van der Waals surface area contributed by atoms with Crippen molar-refractivity contribution >= 4 is 13.6 Å². The highest BCUT2D eigenvalue weighted by molar-refractivity contribution is 7.51. The summed E-state index contributed by atoms with van der Waals surface area (Å²) in [7, 11) is -4.07. The van der Waals surface area contributed by atoms with Gasteiger partial charge in [0.15, 0.2) is 0 Å². The van der Waals surface area contributed by atoms with Gasteiger partial charge < -0.3 is 14.5 Å². The number of carbonyl (C=O) groups excluding carboxylic acids is 1. The molecular weight excluding hydrogens is 351 g/mol. The summed E-state index contributed by atoms with van der Waals surface area (Å²) < 4.78 is 15.4. The largest absolute Gasteiger partial charge is 0.465 e. The lowest BCUT2D eigenvalue weighted by Gasteiger charge is -2.06. The van der Waals surface area contributed by atoms with Crippen LogP contribution in [0.5, 0.6) is 0 Å². The van der Waals surface area contributed by atoms with Crippen LogP contribution < -0.4 is 0 Å². The van der Waals surface area contributed by atoms with Crippen molar-refractivity contribution in [3.8, 4) is 0 Å². The fourth-order valence-electron chi connectivity index (χ4n) is 2.69. The molecule has 0 amide bonds. The molecule has 6 heteroatoms. The van der Waals surface area contributed by atoms with Crippen molar-refractivity contribution in [2.24, 2.45) is 0 Å². The highest BCUT2D eigenvalue weighted by Gasteiger charge is 2.13. The molecule has 0 bridgehead atoms. The van der Waals surface area contributed by atoms with Crippen molar-refractivity contribution in [2.45, 2.75) is 96.8 Å². The minimum Gasteiger partial charge on any atom is -0.465 e. The molecule has 0 heterocycles. The van der Waals surface area contributed by atoms with Crippen molar-refractivity contribution in [2.75, 3.05) is 12.8 Å². The lowest BCUT2D eigenvalue weighted by molar-refractivity contribution is -0.143. The van der Waals surface area contributed by atoms with Crippen LogP contribution in [0.3, 0.4) is 0 Å². The third-order valence-corrected chi connectivity index (χ3v) is 5.05. The Bertz CT molecular complexity index is 403. The van der Waals surface area contributed by atoms with Crippen LogP contribution in [-0.4, -0.2) is 28.5 Å². The number of rotatable bonds is 18. The van der Waals surface area contributed by atoms with E-state index in [1.165, 1.54) is 57.8 Å². The average Bonchev–Trinajstić information content (AvgIpc) is 2.57. The Kier molecular flexibility index (Phi) is 17.3. The molecule has 0 fully saturated rings. The van der Waals surface area contributed by atoms with Gasteiger partial charge in [-0.2, -0.15) is 0 Å². The minimum atomic E-state index is -4.07. The van der Waals surface area contributed by atoms with Crippen LogP contribution in [0.25, 0.3) is 0 Å². The molecule has 0 spiro atoms. The zero-order chi connectivity index (χ0) is 19.5. The molecule has 0 aliphatic heterocycles. The quantitative estimate of drug-likeness (QED) is 0.135. The van der Waals surface area contributed by atoms with Crippen LogP contribution in [0.15, 0.2) is 12.2 Å². The van der Waals surface area contributed by atoms with Gasteiger partial charge >= 0.3 is 13.6 Å². The molecule has 0 aliphatic rings. The molecule has 0 unspecified atom stereocenters. The Morgan fingerprint density at radius 2 is 1.35 bits per heavy atom. The summed E-state index contributed by atoms with van der Waals surface area (Å²) >= 11 is 0. The maximum Gasteiger partial charge on any atom is 0.328 e. The number of hydrogen-bond donors (Lipinski definition) is 2. The molecule has 0 radical (unpaired) electrons. The number of ether oxygens (including phenoxy) is 1. The first-order valence-corrected chi connectivity index (χ1v) is 12.1. The average molecular weight is 391 g/mol. The molecular formula is C20H39O5P. The fourth-order valence-corrected chi connectivity index (χ4v) is 3.02. The van der Waals surface area contributed by atoms with Crippen LogP contribution in [-0.2, 0) is 14.1 Å². The number of esters is 1. The van der Waals surface area contributed by atoms with Gasteiger partial charge in [-0.1, -0.05) is 70.4 Å². The third kappa shape index (κ3) is 21.4. The second-order valence-electron chi connectivity index (χ2n) is 6.94. The van der Waals surface area contributed by atoms with Gasteiger partial charge in [-0.3, -0.25) is 9.36 Å². The second kappa shape index (κ2) is 17.8. The Morgan fingerprint density at radius 1 is 0.846 bits per heavy atom. The van der Waals surface area contributed by atoms with E-state index >= 15 is 0 Å². The minimum absolute atomic E-state index is 0.200. The summed E-state index contributed by atoms with van der Waals surface area (Å²) in [5.41, 5.74) is 0. The SMILES string of the molecule is CCCCCCCCC=CCCCCCCCC(=O)OCCP(=O)(O)O. The number of hydrogen-bond acceptors (Lipinski definition) is 3. The van der Waals surface area contributed by atoms with Gasteiger partial charge in [0.1, 0.15) is 6.61 Å². The van der Waals surface area contributed by atoms with E-state index in [-0.39, 0.29) is 12.6 Å². The first-order valence-electron chi connectivity index (χ1n) is 10.3. The van der Waals surface area contributed by atoms with Gasteiger partial charge in [0.05, 0.1) is 6.16 Å². The molecule has 0 saturated carbocycles. The van der Waals surface area contributed by atoms with Crippen LogP contribution in [0.2, 0.25) is 0 Å². The van der Waals surface area contributed by atoms with Crippen molar-refractivity contribution in [1.82, 2.24) is 0 Å². The summed E-state index contributed by atoms with van der Waals surface area (Å²) in [6.07, 6.45) is 20.2. The summed E-state index contributed by atoms with van der Waals surface area (Å²) in [4.78, 5) is 28.7. The Balaban J connectivity index is 3.27. The van der Waals surface area contributed by atoms with Crippen LogP contribution in [0, 0.1) is 0 Å². The normalized spacial score (nSPS) is 12.0. The molecule has 0 rings (SSSR count). The van der Waals surface area contributed by atoms with Gasteiger partial charge in [0.2, 0.25) is 0 Å². The summed E-state index contributed by atoms with van der Waals surface area (Å²) in [5.74, 6) is -0.365. The topological polar surface area (TPSA) is 83.8 Å². The maximum absolute atomic E-state index is 11.4. The van der Waals surface area contributed by atoms with Crippen LogP contribution >= 0.6 is 7.60 Å². The van der Waals surface area contributed by atoms with E-state index in [9.17, 15) is 9.36 Å². The summed E-state index contributed by atoms with van der Waals surface area (Å²) in [5, 5.41) is 0. The molecule has 0 aliphatic carbocycles. The molecule has 0 aromatic carbocycles. The zero-order valence-corrected chi connectivity index (χ0v) is 17.4. The van der Waals surface area contributed by atoms with Gasteiger partial charge in [-0.15, -0.1) is 0 Å². The highest BCUT2D eigenvalue weighted by atomic mass is 31.2. The predicted octanol–water partition coefficient (Wildman–Crippen LogP) is 5.74. The number of carbonyl (C=O) groups is 1. The van der Waals surface area contributed by atoms with Crippen LogP contribution in [0.1, 0.15) is 96.8 Å². The van der Waals surface area contributed by atoms with E-state index in [0.717, 1.165) is 25.7 Å². The van der Waals surface area contributed by atoms with Crippen molar-refractivity contribution in [3.05, 3.63) is 12.2 Å². The van der Waals surface area contributed by atoms with Crippen molar-refractivity contribution in [3.63, 3.8) is 0 Å². The summed E-state index contributed by atoms with van der Waals surface area (Å²) in [6.45, 7) is 2.05. The third-order valence-electron chi connectivity index (χ3n) is 4.29. The van der Waals surface area contributed by atoms with E-state index < -0.39 is 13.8 Å². The van der Waals surface area contributed by atoms with E-state index in [4.69, 9.17) is 14.5 Å². The van der Waals surface area contributed by atoms with E-state index in [1.54, 1.807) is 0 Å². The van der Waals surface area contributed by atoms with Gasteiger partial charge in [0, 0.05) is 6.42 Å². The highest BCUT2D eigenvalue weighted by Crippen LogP contribution is 2.33. The molecule has 5 nitrogen and oxygen atoms in total. The Hall–Kier alpha value is -0.640. The number of allylic oxidation sites excluding steroid dienone is 2. The van der Waals surface area contributed by atoms with Gasteiger partial charge in [-0.25, -0.2) is 0 Å². The maximum atomic E-state index is 11.4. The van der Waals surface area contributed by atoms with Gasteiger partial charge in [-0.05, 0) is 32.1 Å². The molecule has 154 valence electrons. The smallest absolute Gasteiger partial charge is 0.328 e. The lowest BCUT2D eigenvalue weighted by Crippen LogP contribution is -2.08. The zero-order valence-electron chi connectivity index (χ0n) is 16.5. The van der Waals surface area contributed by atoms with Crippen molar-refractivity contribution in [1.29, 1.82) is 0 Å². The first-order chi connectivity index (χ1) is 12.5. The Labute approximate surface area is 159 Å². The fraction of sp³-hybridized carbons (Fsp3) is 0.850. The monoisotopic (exact) mass is 390 g/mol. The number of unbranched alkanes of at least 4 members (excludes halogenated alkanes) is 11. The van der Waals surface area contributed by atoms with Gasteiger partial charge in [0.25, 0.3) is 0 Å². The molecule has 26 heavy (non-hydrogen) atoms. The Morgan fingerprint density at radius 3 is 1.88 bits per heavy atom. The molecule has 0 aromatic heterocycles. The van der Waals surface area contributed by atoms with E-state index in [2.05, 4.69) is 19.1 Å². The molecule has 0 aromatic rings. The molecule has 0 saturated heterocycles. The van der Waals surface area contributed by atoms with E-state index in [0.29, 0.717) is 6.42 Å². The lowest BCUT2D eigenvalue weighted by atomic mass is 10.1. The predicted molar refractivity (Wildman–Crippen MR) is 107 cm³/mol. The van der Waals surface area contributed by atoms with E-state index in [1.807, 2.05) is 0 Å². The molecule has 2 N–H and O–H groups in total. The second-order valence-corrected chi connectivity index (χ2v) is 8.72. The van der Waals surface area contributed by atoms with Crippen molar-refractivity contribution < 1.29 is 23.9 Å².